The summed E-state index contributed by atoms with van der Waals surface area (Å²) < 4.78 is 4.22. The van der Waals surface area contributed by atoms with Gasteiger partial charge in [0.05, 0.1) is 22.3 Å². The molecule has 10 rings (SSSR count). The van der Waals surface area contributed by atoms with E-state index in [0.717, 1.165) is 29.8 Å². The first-order chi connectivity index (χ1) is 21.4. The average Bonchev–Trinajstić information content (AvgIpc) is 3.33. The third-order valence-corrected chi connectivity index (χ3v) is 11.4. The van der Waals surface area contributed by atoms with Crippen molar-refractivity contribution in [1.82, 2.24) is 10.2 Å². The monoisotopic (exact) mass is 590 g/mol. The predicted molar refractivity (Wildman–Crippen MR) is 172 cm³/mol. The molecule has 45 heavy (non-hydrogen) atoms. The van der Waals surface area contributed by atoms with Crippen molar-refractivity contribution < 1.29 is 9.36 Å². The summed E-state index contributed by atoms with van der Waals surface area (Å²) in [5.41, 5.74) is 31.2. The molecule has 5 aliphatic rings. The number of fused-ring (bicyclic) bond motifs is 7. The summed E-state index contributed by atoms with van der Waals surface area (Å²) in [6.45, 7) is 13.7. The zero-order chi connectivity index (χ0) is 31.0. The molecule has 5 aromatic rings. The summed E-state index contributed by atoms with van der Waals surface area (Å²) >= 11 is 0. The van der Waals surface area contributed by atoms with E-state index in [-0.39, 0.29) is 16.7 Å². The highest BCUT2D eigenvalue weighted by molar-refractivity contribution is 5.86. The van der Waals surface area contributed by atoms with Gasteiger partial charge in [-0.1, -0.05) is 102 Å². The Morgan fingerprint density at radius 3 is 1.44 bits per heavy atom. The van der Waals surface area contributed by atoms with Crippen LogP contribution in [0, 0.1) is 0 Å². The van der Waals surface area contributed by atoms with E-state index in [0.29, 0.717) is 0 Å². The van der Waals surface area contributed by atoms with Crippen LogP contribution in [0.2, 0.25) is 0 Å². The van der Waals surface area contributed by atoms with Gasteiger partial charge in [-0.15, -0.1) is 0 Å². The molecule has 2 atom stereocenters. The van der Waals surface area contributed by atoms with E-state index in [2.05, 4.69) is 112 Å². The number of rotatable bonds is 0. The highest BCUT2D eigenvalue weighted by Crippen LogP contribution is 2.60. The SMILES string of the molecule is CC(C)(C)c1cccc2c1C1(N)c3c(ccc4c3C3c5c-4ccc4c5C(N)(c5c(cccc5C(C)(C)C)C4)[n+]4ncn[n+]1c43)C2. The van der Waals surface area contributed by atoms with Gasteiger partial charge in [0.2, 0.25) is 6.33 Å². The summed E-state index contributed by atoms with van der Waals surface area (Å²) in [5.74, 6) is 0.922. The molecular formula is C39H38N6+2. The van der Waals surface area contributed by atoms with Crippen LogP contribution in [0.5, 0.6) is 0 Å². The van der Waals surface area contributed by atoms with E-state index in [1.165, 1.54) is 66.8 Å². The van der Waals surface area contributed by atoms with Gasteiger partial charge in [0.25, 0.3) is 0 Å². The summed E-state index contributed by atoms with van der Waals surface area (Å²) in [4.78, 5) is 0. The van der Waals surface area contributed by atoms with Crippen molar-refractivity contribution in [2.45, 2.75) is 82.5 Å². The van der Waals surface area contributed by atoms with Crippen molar-refractivity contribution >= 4 is 0 Å². The van der Waals surface area contributed by atoms with Crippen LogP contribution in [0.15, 0.2) is 67.0 Å². The number of hydrogen-bond donors (Lipinski definition) is 2. The van der Waals surface area contributed by atoms with E-state index in [4.69, 9.17) is 21.7 Å². The highest BCUT2D eigenvalue weighted by Gasteiger charge is 2.70. The van der Waals surface area contributed by atoms with E-state index >= 15 is 0 Å². The van der Waals surface area contributed by atoms with E-state index in [1.807, 2.05) is 0 Å². The van der Waals surface area contributed by atoms with Crippen molar-refractivity contribution in [3.05, 3.63) is 140 Å². The van der Waals surface area contributed by atoms with Crippen molar-refractivity contribution in [3.63, 3.8) is 0 Å². The van der Waals surface area contributed by atoms with Gasteiger partial charge in [0, 0.05) is 19.6 Å². The maximum Gasteiger partial charge on any atom is 0.485 e. The quantitative estimate of drug-likeness (QED) is 0.252. The van der Waals surface area contributed by atoms with Gasteiger partial charge in [0.1, 0.15) is 0 Å². The standard InChI is InChI=1S/C39H38N6/c1-36(2,3)26-11-7-9-20-17-22-13-15-24-25-16-14-23-18-21-10-8-12-27(37(4,5)6)32(21)39(41)34(23)29(25)30-28(24)33(22)38(40,31(20)26)44-35(30)45(39)43-19-42-44/h7-16,19,30H,17-18,40-41H2,1-6H3/q+2. The number of hydrogen-bond acceptors (Lipinski definition) is 4. The summed E-state index contributed by atoms with van der Waals surface area (Å²) in [6.07, 6.45) is 3.38. The number of nitrogens with zero attached hydrogens (tertiary/aromatic N) is 4. The molecule has 4 aromatic carbocycles. The minimum Gasteiger partial charge on any atom is -0.259 e. The first-order valence-electron chi connectivity index (χ1n) is 16.2. The summed E-state index contributed by atoms with van der Waals surface area (Å²) in [5, 5.41) is 10.2. The lowest BCUT2D eigenvalue weighted by molar-refractivity contribution is -0.933. The molecule has 4 N–H and O–H groups in total. The van der Waals surface area contributed by atoms with Gasteiger partial charge in [-0.2, -0.15) is 0 Å². The second kappa shape index (κ2) is 7.57. The molecule has 222 valence electrons. The van der Waals surface area contributed by atoms with Gasteiger partial charge in [-0.3, -0.25) is 11.5 Å². The van der Waals surface area contributed by atoms with Gasteiger partial charge in [-0.05, 0) is 79.3 Å². The van der Waals surface area contributed by atoms with Crippen LogP contribution in [0.1, 0.15) is 120 Å². The maximum atomic E-state index is 8.01. The minimum absolute atomic E-state index is 0.0406. The number of nitrogens with two attached hydrogens (primary N) is 2. The molecule has 6 nitrogen and oxygen atoms in total. The Balaban J connectivity index is 1.42. The lowest BCUT2D eigenvalue weighted by Gasteiger charge is -2.43. The molecule has 0 saturated heterocycles. The molecule has 3 heterocycles. The number of aromatic nitrogens is 4. The van der Waals surface area contributed by atoms with Crippen LogP contribution in [0.25, 0.3) is 11.1 Å². The van der Waals surface area contributed by atoms with Crippen molar-refractivity contribution in [1.29, 1.82) is 0 Å². The molecule has 0 fully saturated rings. The first kappa shape index (κ1) is 26.0. The van der Waals surface area contributed by atoms with Crippen LogP contribution in [0.3, 0.4) is 0 Å². The zero-order valence-electron chi connectivity index (χ0n) is 26.8. The Kier molecular flexibility index (Phi) is 4.38. The largest absolute Gasteiger partial charge is 0.485 e. The molecule has 3 aliphatic carbocycles. The Labute approximate surface area is 263 Å². The van der Waals surface area contributed by atoms with E-state index in [9.17, 15) is 0 Å². The van der Waals surface area contributed by atoms with Crippen LogP contribution in [-0.4, -0.2) is 10.2 Å². The van der Waals surface area contributed by atoms with Crippen molar-refractivity contribution in [2.24, 2.45) is 11.5 Å². The minimum atomic E-state index is -1.02. The Morgan fingerprint density at radius 2 is 1.02 bits per heavy atom. The fourth-order valence-corrected chi connectivity index (χ4v) is 9.85. The molecule has 2 aliphatic heterocycles. The third kappa shape index (κ3) is 2.74. The Hall–Kier alpha value is -4.26. The Morgan fingerprint density at radius 1 is 0.600 bits per heavy atom. The fraction of sp³-hybridized carbons (Fsp3) is 0.333. The molecule has 6 heteroatoms. The van der Waals surface area contributed by atoms with Gasteiger partial charge in [-0.25, -0.2) is 0 Å². The third-order valence-electron chi connectivity index (χ3n) is 11.4. The van der Waals surface area contributed by atoms with E-state index < -0.39 is 11.3 Å². The van der Waals surface area contributed by atoms with Crippen LogP contribution >= 0.6 is 0 Å². The van der Waals surface area contributed by atoms with Gasteiger partial charge >= 0.3 is 17.2 Å². The molecule has 0 spiro atoms. The molecule has 0 amide bonds. The average molecular weight is 591 g/mol. The first-order valence-corrected chi connectivity index (χ1v) is 16.2. The van der Waals surface area contributed by atoms with Gasteiger partial charge in [0.15, 0.2) is 5.92 Å². The van der Waals surface area contributed by atoms with Crippen LogP contribution < -0.4 is 20.8 Å². The zero-order valence-corrected chi connectivity index (χ0v) is 26.8. The lowest BCUT2D eigenvalue weighted by atomic mass is 9.64. The molecule has 0 radical (unpaired) electrons. The normalized spacial score (nSPS) is 23.8. The fourth-order valence-electron chi connectivity index (χ4n) is 9.85. The van der Waals surface area contributed by atoms with Crippen LogP contribution in [0.4, 0.5) is 0 Å². The highest BCUT2D eigenvalue weighted by atomic mass is 15.5. The van der Waals surface area contributed by atoms with Crippen molar-refractivity contribution in [2.75, 3.05) is 0 Å². The molecule has 2 unspecified atom stereocenters. The smallest absolute Gasteiger partial charge is 0.259 e. The summed E-state index contributed by atoms with van der Waals surface area (Å²) in [7, 11) is 0. The van der Waals surface area contributed by atoms with E-state index in [1.54, 1.807) is 6.33 Å². The Bertz CT molecular complexity index is 2080. The second-order valence-electron chi connectivity index (χ2n) is 15.9. The van der Waals surface area contributed by atoms with Crippen LogP contribution in [-0.2, 0) is 35.0 Å². The summed E-state index contributed by atoms with van der Waals surface area (Å²) in [6, 6.07) is 22.7. The second-order valence-corrected chi connectivity index (χ2v) is 15.9. The van der Waals surface area contributed by atoms with Crippen molar-refractivity contribution in [3.8, 4) is 11.1 Å². The number of benzene rings is 4. The molecular weight excluding hydrogens is 552 g/mol. The molecule has 0 bridgehead atoms. The topological polar surface area (TPSA) is 85.6 Å². The molecule has 1 aromatic heterocycles. The lowest BCUT2D eigenvalue weighted by Crippen LogP contribution is -2.82. The predicted octanol–water partition coefficient (Wildman–Crippen LogP) is 4.66. The van der Waals surface area contributed by atoms with Gasteiger partial charge < -0.3 is 0 Å². The maximum absolute atomic E-state index is 8.01. The molecule has 0 saturated carbocycles.